The average molecular weight is 205 g/mol. The molecule has 0 aliphatic heterocycles. The lowest BCUT2D eigenvalue weighted by atomic mass is 10.1. The average Bonchev–Trinajstić information content (AvgIpc) is 2.29. The Balaban J connectivity index is 2.68. The minimum Gasteiger partial charge on any atom is -0.494 e. The minimum absolute atomic E-state index is 0.0936. The van der Waals surface area contributed by atoms with Crippen molar-refractivity contribution in [2.45, 2.75) is 19.3 Å². The largest absolute Gasteiger partial charge is 0.494 e. The third kappa shape index (κ3) is 3.20. The number of methoxy groups -OCH3 is 1. The van der Waals surface area contributed by atoms with E-state index in [1.54, 1.807) is 18.5 Å². The molecule has 0 aliphatic rings. The molecule has 0 aliphatic carbocycles. The third-order valence-corrected chi connectivity index (χ3v) is 2.12. The number of rotatable bonds is 6. The maximum Gasteiger partial charge on any atom is 0.166 e. The lowest BCUT2D eigenvalue weighted by molar-refractivity contribution is 0.0977. The van der Waals surface area contributed by atoms with E-state index in [-0.39, 0.29) is 5.78 Å². The highest BCUT2D eigenvalue weighted by Crippen LogP contribution is 2.18. The first-order chi connectivity index (χ1) is 7.29. The van der Waals surface area contributed by atoms with Gasteiger partial charge in [-0.1, -0.05) is 6.08 Å². The quantitative estimate of drug-likeness (QED) is 0.407. The molecular weight excluding hydrogens is 190 g/mol. The van der Waals surface area contributed by atoms with Gasteiger partial charge in [0.2, 0.25) is 0 Å². The van der Waals surface area contributed by atoms with Gasteiger partial charge in [0.25, 0.3) is 0 Å². The molecule has 1 heterocycles. The van der Waals surface area contributed by atoms with Crippen molar-refractivity contribution in [2.75, 3.05) is 7.11 Å². The fourth-order valence-corrected chi connectivity index (χ4v) is 1.31. The number of ketones is 1. The molecule has 0 radical (unpaired) electrons. The lowest BCUT2D eigenvalue weighted by Crippen LogP contribution is -2.02. The summed E-state index contributed by atoms with van der Waals surface area (Å²) >= 11 is 0. The number of pyridine rings is 1. The van der Waals surface area contributed by atoms with Gasteiger partial charge in [0, 0.05) is 12.6 Å². The van der Waals surface area contributed by atoms with Gasteiger partial charge in [-0.3, -0.25) is 9.78 Å². The molecule has 0 fully saturated rings. The van der Waals surface area contributed by atoms with E-state index >= 15 is 0 Å². The highest BCUT2D eigenvalue weighted by molar-refractivity contribution is 5.98. The lowest BCUT2D eigenvalue weighted by Gasteiger charge is -2.05. The Morgan fingerprint density at radius 2 is 2.47 bits per heavy atom. The van der Waals surface area contributed by atoms with E-state index in [9.17, 15) is 4.79 Å². The van der Waals surface area contributed by atoms with Crippen LogP contribution in [0.4, 0.5) is 0 Å². The third-order valence-electron chi connectivity index (χ3n) is 2.12. The molecule has 0 spiro atoms. The van der Waals surface area contributed by atoms with Crippen LogP contribution in [-0.4, -0.2) is 17.9 Å². The summed E-state index contributed by atoms with van der Waals surface area (Å²) in [5.74, 6) is 0.636. The van der Waals surface area contributed by atoms with Crippen molar-refractivity contribution in [3.8, 4) is 5.75 Å². The Hall–Kier alpha value is -1.64. The number of allylic oxidation sites excluding steroid dienone is 1. The molecule has 15 heavy (non-hydrogen) atoms. The molecule has 0 unspecified atom stereocenters. The molecule has 3 heteroatoms. The summed E-state index contributed by atoms with van der Waals surface area (Å²) in [5, 5.41) is 0. The van der Waals surface area contributed by atoms with E-state index in [1.807, 2.05) is 6.08 Å². The van der Waals surface area contributed by atoms with Crippen LogP contribution in [0.25, 0.3) is 0 Å². The summed E-state index contributed by atoms with van der Waals surface area (Å²) in [6, 6.07) is 1.69. The second-order valence-electron chi connectivity index (χ2n) is 3.18. The van der Waals surface area contributed by atoms with E-state index in [2.05, 4.69) is 11.6 Å². The number of hydrogen-bond acceptors (Lipinski definition) is 3. The van der Waals surface area contributed by atoms with Crippen LogP contribution in [0.1, 0.15) is 29.6 Å². The maximum absolute atomic E-state index is 11.8. The fraction of sp³-hybridized carbons (Fsp3) is 0.333. The molecular formula is C12H15NO2. The summed E-state index contributed by atoms with van der Waals surface area (Å²) in [6.07, 6.45) is 7.18. The van der Waals surface area contributed by atoms with Crippen molar-refractivity contribution in [1.29, 1.82) is 0 Å². The van der Waals surface area contributed by atoms with Gasteiger partial charge in [-0.25, -0.2) is 0 Å². The molecule has 0 bridgehead atoms. The monoisotopic (exact) mass is 205 g/mol. The highest BCUT2D eigenvalue weighted by atomic mass is 16.5. The molecule has 0 saturated heterocycles. The van der Waals surface area contributed by atoms with Crippen LogP contribution in [0, 0.1) is 0 Å². The smallest absolute Gasteiger partial charge is 0.166 e. The van der Waals surface area contributed by atoms with Gasteiger partial charge in [0.05, 0.1) is 18.9 Å². The molecule has 1 aromatic rings. The van der Waals surface area contributed by atoms with Gasteiger partial charge in [-0.15, -0.1) is 6.58 Å². The Labute approximate surface area is 89.8 Å². The second kappa shape index (κ2) is 5.96. The van der Waals surface area contributed by atoms with Crippen molar-refractivity contribution in [1.82, 2.24) is 4.98 Å². The van der Waals surface area contributed by atoms with Crippen LogP contribution < -0.4 is 4.74 Å². The zero-order valence-electron chi connectivity index (χ0n) is 8.90. The maximum atomic E-state index is 11.8. The molecule has 0 saturated carbocycles. The molecule has 1 rings (SSSR count). The second-order valence-corrected chi connectivity index (χ2v) is 3.18. The number of carbonyl (C=O) groups is 1. The molecule has 1 aromatic heterocycles. The van der Waals surface area contributed by atoms with Gasteiger partial charge in [0.1, 0.15) is 5.75 Å². The van der Waals surface area contributed by atoms with Gasteiger partial charge < -0.3 is 4.74 Å². The van der Waals surface area contributed by atoms with Gasteiger partial charge in [-0.2, -0.15) is 0 Å². The van der Waals surface area contributed by atoms with Crippen molar-refractivity contribution in [3.05, 3.63) is 36.7 Å². The zero-order valence-corrected chi connectivity index (χ0v) is 8.90. The van der Waals surface area contributed by atoms with Crippen LogP contribution in [0.3, 0.4) is 0 Å². The van der Waals surface area contributed by atoms with Crippen LogP contribution in [0.15, 0.2) is 31.1 Å². The summed E-state index contributed by atoms with van der Waals surface area (Å²) in [5.41, 5.74) is 0.608. The summed E-state index contributed by atoms with van der Waals surface area (Å²) in [6.45, 7) is 3.62. The van der Waals surface area contributed by atoms with Crippen LogP contribution in [-0.2, 0) is 0 Å². The number of nitrogens with zero attached hydrogens (tertiary/aromatic N) is 1. The number of aromatic nitrogens is 1. The van der Waals surface area contributed by atoms with E-state index in [4.69, 9.17) is 4.74 Å². The van der Waals surface area contributed by atoms with E-state index in [0.717, 1.165) is 12.8 Å². The van der Waals surface area contributed by atoms with Crippen LogP contribution in [0.5, 0.6) is 5.75 Å². The summed E-state index contributed by atoms with van der Waals surface area (Å²) in [4.78, 5) is 15.7. The Morgan fingerprint density at radius 1 is 1.67 bits per heavy atom. The van der Waals surface area contributed by atoms with Crippen LogP contribution >= 0.6 is 0 Å². The van der Waals surface area contributed by atoms with Gasteiger partial charge in [-0.05, 0) is 18.9 Å². The highest BCUT2D eigenvalue weighted by Gasteiger charge is 2.10. The Bertz CT molecular complexity index is 347. The number of carbonyl (C=O) groups excluding carboxylic acids is 1. The summed E-state index contributed by atoms with van der Waals surface area (Å²) < 4.78 is 5.07. The molecule has 0 N–H and O–H groups in total. The summed E-state index contributed by atoms with van der Waals surface area (Å²) in [7, 11) is 1.54. The first-order valence-electron chi connectivity index (χ1n) is 4.91. The van der Waals surface area contributed by atoms with Crippen molar-refractivity contribution < 1.29 is 9.53 Å². The van der Waals surface area contributed by atoms with Crippen molar-refractivity contribution >= 4 is 5.78 Å². The molecule has 80 valence electrons. The SMILES string of the molecule is C=CCCCC(=O)c1ccncc1OC. The first kappa shape index (κ1) is 11.4. The Kier molecular flexibility index (Phi) is 4.54. The molecule has 3 nitrogen and oxygen atoms in total. The normalized spacial score (nSPS) is 9.67. The van der Waals surface area contributed by atoms with Crippen molar-refractivity contribution in [2.24, 2.45) is 0 Å². The number of Topliss-reactive ketones (excluding diaryl/α,β-unsaturated/α-hetero) is 1. The fourth-order valence-electron chi connectivity index (χ4n) is 1.31. The topological polar surface area (TPSA) is 39.2 Å². The predicted octanol–water partition coefficient (Wildman–Crippen LogP) is 2.63. The molecule has 0 amide bonds. The van der Waals surface area contributed by atoms with Gasteiger partial charge in [0.15, 0.2) is 5.78 Å². The number of hydrogen-bond donors (Lipinski definition) is 0. The minimum atomic E-state index is 0.0936. The standard InChI is InChI=1S/C12H15NO2/c1-3-4-5-6-11(14)10-7-8-13-9-12(10)15-2/h3,7-9H,1,4-6H2,2H3. The van der Waals surface area contributed by atoms with Crippen molar-refractivity contribution in [3.63, 3.8) is 0 Å². The molecule has 0 aromatic carbocycles. The zero-order chi connectivity index (χ0) is 11.1. The Morgan fingerprint density at radius 3 is 3.13 bits per heavy atom. The first-order valence-corrected chi connectivity index (χ1v) is 4.91. The number of unbranched alkanes of at least 4 members (excludes halogenated alkanes) is 1. The van der Waals surface area contributed by atoms with E-state index < -0.39 is 0 Å². The van der Waals surface area contributed by atoms with Gasteiger partial charge >= 0.3 is 0 Å². The molecule has 0 atom stereocenters. The predicted molar refractivity (Wildman–Crippen MR) is 59.2 cm³/mol. The van der Waals surface area contributed by atoms with Crippen LogP contribution in [0.2, 0.25) is 0 Å². The van der Waals surface area contributed by atoms with E-state index in [0.29, 0.717) is 17.7 Å². The number of ether oxygens (including phenoxy) is 1. The van der Waals surface area contributed by atoms with E-state index in [1.165, 1.54) is 7.11 Å².